The van der Waals surface area contributed by atoms with Gasteiger partial charge in [-0.15, -0.1) is 0 Å². The van der Waals surface area contributed by atoms with E-state index in [4.69, 9.17) is 9.47 Å². The monoisotopic (exact) mass is 586 g/mol. The summed E-state index contributed by atoms with van der Waals surface area (Å²) in [6.45, 7) is 18.1. The van der Waals surface area contributed by atoms with Crippen LogP contribution in [-0.4, -0.2) is 79.1 Å². The van der Waals surface area contributed by atoms with Gasteiger partial charge in [0.1, 0.15) is 6.23 Å². The van der Waals surface area contributed by atoms with Crippen LogP contribution in [0.1, 0.15) is 86.5 Å². The van der Waals surface area contributed by atoms with Gasteiger partial charge in [-0.3, -0.25) is 9.69 Å². The van der Waals surface area contributed by atoms with Crippen molar-refractivity contribution in [1.29, 1.82) is 0 Å². The van der Waals surface area contributed by atoms with E-state index >= 15 is 0 Å². The highest BCUT2D eigenvalue weighted by molar-refractivity contribution is 5.77. The van der Waals surface area contributed by atoms with Crippen LogP contribution in [0.4, 0.5) is 0 Å². The van der Waals surface area contributed by atoms with Gasteiger partial charge >= 0.3 is 0 Å². The standard InChI is InChI=1S/C36H62N2O4/c1-11-26(4)34(37(8)36(40)28(6)25(2)3)32(41-9)24-33(39)38-23-17-22-31(38)35(42-10)29(7)27(5)18-16-21-30-19-14-12-13-15-20-30/h12-15,19-20,25-26,28-32,34-36,40H,5,11,16-18,21-24H2,1-4,6-10H3. The molecule has 0 saturated carbocycles. The Balaban J connectivity index is 2.09. The smallest absolute Gasteiger partial charge is 0.225 e. The Morgan fingerprint density at radius 1 is 1.07 bits per heavy atom. The minimum absolute atomic E-state index is 0.0249. The van der Waals surface area contributed by atoms with Crippen LogP contribution in [0.15, 0.2) is 48.6 Å². The Morgan fingerprint density at radius 3 is 2.26 bits per heavy atom. The predicted molar refractivity (Wildman–Crippen MR) is 175 cm³/mol. The molecule has 0 radical (unpaired) electrons. The maximum Gasteiger partial charge on any atom is 0.225 e. The van der Waals surface area contributed by atoms with Gasteiger partial charge in [-0.05, 0) is 62.8 Å². The first kappa shape index (κ1) is 36.5. The summed E-state index contributed by atoms with van der Waals surface area (Å²) in [6.07, 6.45) is 18.2. The van der Waals surface area contributed by atoms with Crippen LogP contribution in [0, 0.1) is 29.6 Å². The number of methoxy groups -OCH3 is 2. The molecule has 0 aromatic heterocycles. The number of hydrogen-bond acceptors (Lipinski definition) is 5. The van der Waals surface area contributed by atoms with Gasteiger partial charge < -0.3 is 19.5 Å². The van der Waals surface area contributed by atoms with Crippen LogP contribution in [-0.2, 0) is 14.3 Å². The lowest BCUT2D eigenvalue weighted by Gasteiger charge is -2.43. The highest BCUT2D eigenvalue weighted by atomic mass is 16.5. The summed E-state index contributed by atoms with van der Waals surface area (Å²) in [6, 6.07) is -0.0519. The third-order valence-electron chi connectivity index (χ3n) is 10.2. The van der Waals surface area contributed by atoms with E-state index in [2.05, 4.69) is 84.6 Å². The van der Waals surface area contributed by atoms with Crippen molar-refractivity contribution in [2.45, 2.75) is 117 Å². The Morgan fingerprint density at radius 2 is 1.71 bits per heavy atom. The van der Waals surface area contributed by atoms with Gasteiger partial charge in [0.05, 0.1) is 24.7 Å². The molecule has 0 bridgehead atoms. The van der Waals surface area contributed by atoms with E-state index in [1.165, 1.54) is 5.57 Å². The zero-order chi connectivity index (χ0) is 31.4. The number of rotatable bonds is 18. The maximum absolute atomic E-state index is 13.9. The molecule has 1 aliphatic carbocycles. The Labute approximate surface area is 257 Å². The Kier molecular flexibility index (Phi) is 15.8. The largest absolute Gasteiger partial charge is 0.379 e. The molecule has 1 saturated heterocycles. The van der Waals surface area contributed by atoms with E-state index < -0.39 is 6.23 Å². The molecule has 1 aliphatic heterocycles. The molecule has 1 N–H and O–H groups in total. The summed E-state index contributed by atoms with van der Waals surface area (Å²) < 4.78 is 12.1. The summed E-state index contributed by atoms with van der Waals surface area (Å²) in [4.78, 5) is 18.0. The summed E-state index contributed by atoms with van der Waals surface area (Å²) in [5.41, 5.74) is 1.20. The predicted octanol–water partition coefficient (Wildman–Crippen LogP) is 7.02. The SMILES string of the molecule is C=C(CCCC1C=CC=CC=C1)C(C)C(OC)C1CCCN1C(=O)CC(OC)C(C(C)CC)N(C)C(O)C(C)C(C)C. The topological polar surface area (TPSA) is 62.2 Å². The minimum Gasteiger partial charge on any atom is -0.379 e. The highest BCUT2D eigenvalue weighted by Crippen LogP contribution is 2.33. The molecular weight excluding hydrogens is 524 g/mol. The van der Waals surface area contributed by atoms with E-state index in [9.17, 15) is 9.90 Å². The average molecular weight is 587 g/mol. The number of amides is 1. The lowest BCUT2D eigenvalue weighted by Crippen LogP contribution is -2.55. The van der Waals surface area contributed by atoms with Crippen molar-refractivity contribution >= 4 is 5.91 Å². The number of likely N-dealkylation sites (tertiary alicyclic amines) is 1. The van der Waals surface area contributed by atoms with Crippen LogP contribution < -0.4 is 0 Å². The van der Waals surface area contributed by atoms with Gasteiger partial charge in [-0.25, -0.2) is 0 Å². The van der Waals surface area contributed by atoms with Crippen molar-refractivity contribution in [1.82, 2.24) is 9.80 Å². The molecule has 6 nitrogen and oxygen atoms in total. The Bertz CT molecular complexity index is 896. The first-order valence-corrected chi connectivity index (χ1v) is 16.4. The zero-order valence-corrected chi connectivity index (χ0v) is 28.2. The van der Waals surface area contributed by atoms with E-state index in [1.54, 1.807) is 14.2 Å². The third-order valence-corrected chi connectivity index (χ3v) is 10.2. The molecule has 1 amide bonds. The number of hydrogen-bond donors (Lipinski definition) is 1. The van der Waals surface area contributed by atoms with Crippen molar-refractivity contribution < 1.29 is 19.4 Å². The molecule has 1 heterocycles. The van der Waals surface area contributed by atoms with Gasteiger partial charge in [0.2, 0.25) is 5.91 Å². The molecule has 6 heteroatoms. The molecule has 8 atom stereocenters. The first-order chi connectivity index (χ1) is 20.0. The van der Waals surface area contributed by atoms with Crippen LogP contribution in [0.25, 0.3) is 0 Å². The Hall–Kier alpha value is -1.73. The number of nitrogens with zero attached hydrogens (tertiary/aromatic N) is 2. The van der Waals surface area contributed by atoms with E-state index in [-0.39, 0.29) is 54.4 Å². The molecule has 2 rings (SSSR count). The molecule has 2 aliphatic rings. The molecule has 0 aromatic carbocycles. The maximum atomic E-state index is 13.9. The van der Waals surface area contributed by atoms with Gasteiger partial charge in [0, 0.05) is 32.7 Å². The van der Waals surface area contributed by atoms with Crippen LogP contribution >= 0.6 is 0 Å². The molecule has 0 aromatic rings. The molecule has 1 fully saturated rings. The number of aliphatic hydroxyl groups is 1. The first-order valence-electron chi connectivity index (χ1n) is 16.4. The number of carbonyl (C=O) groups is 1. The molecule has 0 spiro atoms. The van der Waals surface area contributed by atoms with E-state index in [0.717, 1.165) is 45.1 Å². The average Bonchev–Trinajstić information content (AvgIpc) is 3.31. The summed E-state index contributed by atoms with van der Waals surface area (Å²) in [5.74, 6) is 1.43. The number of carbonyl (C=O) groups excluding carboxylic acids is 1. The van der Waals surface area contributed by atoms with Crippen molar-refractivity contribution in [2.24, 2.45) is 29.6 Å². The summed E-state index contributed by atoms with van der Waals surface area (Å²) >= 11 is 0. The fraction of sp³-hybridized carbons (Fsp3) is 0.750. The van der Waals surface area contributed by atoms with E-state index in [0.29, 0.717) is 11.8 Å². The van der Waals surface area contributed by atoms with Gasteiger partial charge in [-0.2, -0.15) is 0 Å². The van der Waals surface area contributed by atoms with Gasteiger partial charge in [0.25, 0.3) is 0 Å². The number of ether oxygens (including phenoxy) is 2. The van der Waals surface area contributed by atoms with Gasteiger partial charge in [-0.1, -0.05) is 96.6 Å². The second-order valence-electron chi connectivity index (χ2n) is 13.2. The molecule has 240 valence electrons. The van der Waals surface area contributed by atoms with Gasteiger partial charge in [0.15, 0.2) is 0 Å². The molecular formula is C36H62N2O4. The molecule has 42 heavy (non-hydrogen) atoms. The minimum atomic E-state index is -0.604. The fourth-order valence-electron chi connectivity index (χ4n) is 6.76. The molecule has 8 unspecified atom stereocenters. The lowest BCUT2D eigenvalue weighted by molar-refractivity contribution is -0.143. The van der Waals surface area contributed by atoms with Crippen molar-refractivity contribution in [3.05, 3.63) is 48.6 Å². The second-order valence-corrected chi connectivity index (χ2v) is 13.2. The highest BCUT2D eigenvalue weighted by Gasteiger charge is 2.41. The van der Waals surface area contributed by atoms with E-state index in [1.807, 2.05) is 16.8 Å². The second kappa shape index (κ2) is 18.2. The number of allylic oxidation sites excluding steroid dienone is 6. The van der Waals surface area contributed by atoms with Crippen LogP contribution in [0.3, 0.4) is 0 Å². The summed E-state index contributed by atoms with van der Waals surface area (Å²) in [7, 11) is 5.44. The third kappa shape index (κ3) is 9.90. The summed E-state index contributed by atoms with van der Waals surface area (Å²) in [5, 5.41) is 11.2. The van der Waals surface area contributed by atoms with Crippen molar-refractivity contribution in [3.63, 3.8) is 0 Å². The van der Waals surface area contributed by atoms with Crippen LogP contribution in [0.5, 0.6) is 0 Å². The normalized spacial score (nSPS) is 22.7. The zero-order valence-electron chi connectivity index (χ0n) is 28.2. The fourth-order valence-corrected chi connectivity index (χ4v) is 6.76. The number of likely N-dealkylation sites (N-methyl/N-ethyl adjacent to an activating group) is 1. The number of aliphatic hydroxyl groups excluding tert-OH is 1. The van der Waals surface area contributed by atoms with Crippen molar-refractivity contribution in [2.75, 3.05) is 27.8 Å². The van der Waals surface area contributed by atoms with Crippen molar-refractivity contribution in [3.8, 4) is 0 Å². The lowest BCUT2D eigenvalue weighted by atomic mass is 9.86. The van der Waals surface area contributed by atoms with Crippen LogP contribution in [0.2, 0.25) is 0 Å². The quantitative estimate of drug-likeness (QED) is 0.138.